The van der Waals surface area contributed by atoms with Gasteiger partial charge in [0.1, 0.15) is 5.76 Å². The number of ether oxygens (including phenoxy) is 1. The SMILES string of the molecule is Cc1cccc(CN2CCO[C@H]3CN(Cc4ccco4)CC[C@H]3C2=O)n1. The molecule has 2 atom stereocenters. The predicted molar refractivity (Wildman–Crippen MR) is 96.2 cm³/mol. The van der Waals surface area contributed by atoms with E-state index in [0.717, 1.165) is 43.2 Å². The number of aryl methyl sites for hydroxylation is 1. The van der Waals surface area contributed by atoms with Crippen LogP contribution < -0.4 is 0 Å². The third-order valence-electron chi connectivity index (χ3n) is 5.22. The van der Waals surface area contributed by atoms with Gasteiger partial charge in [-0.1, -0.05) is 6.07 Å². The largest absolute Gasteiger partial charge is 0.468 e. The van der Waals surface area contributed by atoms with Crippen molar-refractivity contribution in [3.05, 3.63) is 53.7 Å². The van der Waals surface area contributed by atoms with Crippen LogP contribution in [0.2, 0.25) is 0 Å². The van der Waals surface area contributed by atoms with Crippen LogP contribution in [0.1, 0.15) is 23.6 Å². The smallest absolute Gasteiger partial charge is 0.228 e. The fourth-order valence-corrected chi connectivity index (χ4v) is 3.90. The van der Waals surface area contributed by atoms with Crippen LogP contribution in [0.5, 0.6) is 0 Å². The Bertz CT molecular complexity index is 747. The molecule has 0 N–H and O–H groups in total. The lowest BCUT2D eigenvalue weighted by molar-refractivity contribution is -0.139. The Morgan fingerprint density at radius 1 is 1.19 bits per heavy atom. The van der Waals surface area contributed by atoms with Gasteiger partial charge in [0.2, 0.25) is 5.91 Å². The van der Waals surface area contributed by atoms with Crippen molar-refractivity contribution in [2.45, 2.75) is 32.5 Å². The van der Waals surface area contributed by atoms with Crippen LogP contribution in [0.25, 0.3) is 0 Å². The number of aromatic nitrogens is 1. The van der Waals surface area contributed by atoms with Gasteiger partial charge in [0, 0.05) is 18.8 Å². The zero-order chi connectivity index (χ0) is 17.9. The Balaban J connectivity index is 1.41. The molecule has 2 saturated heterocycles. The summed E-state index contributed by atoms with van der Waals surface area (Å²) in [5, 5.41) is 0. The summed E-state index contributed by atoms with van der Waals surface area (Å²) in [6, 6.07) is 9.84. The van der Waals surface area contributed by atoms with Crippen LogP contribution in [0, 0.1) is 12.8 Å². The molecule has 1 amide bonds. The summed E-state index contributed by atoms with van der Waals surface area (Å²) in [7, 11) is 0. The van der Waals surface area contributed by atoms with E-state index in [1.54, 1.807) is 6.26 Å². The van der Waals surface area contributed by atoms with Gasteiger partial charge in [-0.25, -0.2) is 0 Å². The Hall–Kier alpha value is -2.18. The average Bonchev–Trinajstić information content (AvgIpc) is 3.08. The Kier molecular flexibility index (Phi) is 5.04. The molecule has 2 aliphatic rings. The Labute approximate surface area is 153 Å². The first-order valence-corrected chi connectivity index (χ1v) is 9.27. The first kappa shape index (κ1) is 17.2. The summed E-state index contributed by atoms with van der Waals surface area (Å²) in [6.45, 7) is 6.16. The van der Waals surface area contributed by atoms with Crippen molar-refractivity contribution in [3.8, 4) is 0 Å². The van der Waals surface area contributed by atoms with Crippen LogP contribution in [-0.2, 0) is 22.6 Å². The van der Waals surface area contributed by atoms with E-state index in [9.17, 15) is 4.79 Å². The van der Waals surface area contributed by atoms with Gasteiger partial charge in [0.25, 0.3) is 0 Å². The first-order chi connectivity index (χ1) is 12.7. The van der Waals surface area contributed by atoms with E-state index < -0.39 is 0 Å². The van der Waals surface area contributed by atoms with Crippen molar-refractivity contribution in [2.75, 3.05) is 26.2 Å². The summed E-state index contributed by atoms with van der Waals surface area (Å²) in [4.78, 5) is 21.8. The number of piperidine rings is 1. The minimum Gasteiger partial charge on any atom is -0.468 e. The van der Waals surface area contributed by atoms with Crippen molar-refractivity contribution < 1.29 is 13.9 Å². The van der Waals surface area contributed by atoms with Crippen molar-refractivity contribution in [2.24, 2.45) is 5.92 Å². The molecule has 2 fully saturated rings. The summed E-state index contributed by atoms with van der Waals surface area (Å²) in [5.41, 5.74) is 1.91. The van der Waals surface area contributed by atoms with E-state index in [1.165, 1.54) is 0 Å². The Morgan fingerprint density at radius 2 is 2.12 bits per heavy atom. The fraction of sp³-hybridized carbons (Fsp3) is 0.500. The molecule has 4 rings (SSSR count). The normalized spacial score (nSPS) is 24.3. The Morgan fingerprint density at radius 3 is 2.92 bits per heavy atom. The second kappa shape index (κ2) is 7.60. The molecule has 0 aliphatic carbocycles. The molecule has 2 aliphatic heterocycles. The molecule has 2 aromatic rings. The van der Waals surface area contributed by atoms with Gasteiger partial charge >= 0.3 is 0 Å². The lowest BCUT2D eigenvalue weighted by atomic mass is 9.92. The first-order valence-electron chi connectivity index (χ1n) is 9.27. The highest BCUT2D eigenvalue weighted by atomic mass is 16.5. The number of hydrogen-bond acceptors (Lipinski definition) is 5. The molecule has 0 bridgehead atoms. The third-order valence-corrected chi connectivity index (χ3v) is 5.22. The van der Waals surface area contributed by atoms with E-state index in [2.05, 4.69) is 9.88 Å². The standard InChI is InChI=1S/C20H25N3O3/c1-15-4-2-5-16(21-15)12-23-9-11-26-19-14-22(8-7-18(19)20(23)24)13-17-6-3-10-25-17/h2-6,10,18-19H,7-9,11-14H2,1H3/t18-,19+/m1/s1. The molecule has 0 saturated carbocycles. The number of hydrogen-bond donors (Lipinski definition) is 0. The number of carbonyl (C=O) groups is 1. The zero-order valence-electron chi connectivity index (χ0n) is 15.1. The molecule has 2 aromatic heterocycles. The average molecular weight is 355 g/mol. The van der Waals surface area contributed by atoms with Gasteiger partial charge in [-0.05, 0) is 44.2 Å². The van der Waals surface area contributed by atoms with E-state index in [4.69, 9.17) is 9.15 Å². The number of pyridine rings is 1. The van der Waals surface area contributed by atoms with E-state index in [-0.39, 0.29) is 17.9 Å². The maximum atomic E-state index is 13.1. The second-order valence-electron chi connectivity index (χ2n) is 7.15. The summed E-state index contributed by atoms with van der Waals surface area (Å²) < 4.78 is 11.5. The third kappa shape index (κ3) is 3.81. The van der Waals surface area contributed by atoms with Gasteiger partial charge in [-0.15, -0.1) is 0 Å². The van der Waals surface area contributed by atoms with Gasteiger partial charge in [-0.3, -0.25) is 14.7 Å². The molecule has 0 spiro atoms. The highest BCUT2D eigenvalue weighted by Gasteiger charge is 2.39. The molecule has 138 valence electrons. The molecule has 0 aromatic carbocycles. The highest BCUT2D eigenvalue weighted by Crippen LogP contribution is 2.27. The van der Waals surface area contributed by atoms with Gasteiger partial charge < -0.3 is 14.1 Å². The monoisotopic (exact) mass is 355 g/mol. The topological polar surface area (TPSA) is 58.8 Å². The molecule has 0 unspecified atom stereocenters. The molecular weight excluding hydrogens is 330 g/mol. The van der Waals surface area contributed by atoms with Gasteiger partial charge in [-0.2, -0.15) is 0 Å². The maximum Gasteiger partial charge on any atom is 0.228 e. The molecule has 6 heteroatoms. The molecule has 4 heterocycles. The summed E-state index contributed by atoms with van der Waals surface area (Å²) >= 11 is 0. The number of amides is 1. The molecular formula is C20H25N3O3. The lowest BCUT2D eigenvalue weighted by Gasteiger charge is -2.36. The second-order valence-corrected chi connectivity index (χ2v) is 7.15. The minimum absolute atomic E-state index is 0.0401. The van der Waals surface area contributed by atoms with Crippen molar-refractivity contribution >= 4 is 5.91 Å². The van der Waals surface area contributed by atoms with Gasteiger partial charge in [0.15, 0.2) is 0 Å². The van der Waals surface area contributed by atoms with E-state index in [0.29, 0.717) is 19.7 Å². The van der Waals surface area contributed by atoms with Crippen molar-refractivity contribution in [1.29, 1.82) is 0 Å². The molecule has 0 radical (unpaired) electrons. The highest BCUT2D eigenvalue weighted by molar-refractivity contribution is 5.79. The van der Waals surface area contributed by atoms with Crippen molar-refractivity contribution in [1.82, 2.24) is 14.8 Å². The summed E-state index contributed by atoms with van der Waals surface area (Å²) in [6.07, 6.45) is 2.48. The quantitative estimate of drug-likeness (QED) is 0.842. The van der Waals surface area contributed by atoms with Crippen LogP contribution >= 0.6 is 0 Å². The number of nitrogens with zero attached hydrogens (tertiary/aromatic N) is 3. The predicted octanol–water partition coefficient (Wildman–Crippen LogP) is 2.23. The number of rotatable bonds is 4. The van der Waals surface area contributed by atoms with Crippen LogP contribution in [0.3, 0.4) is 0 Å². The van der Waals surface area contributed by atoms with Crippen LogP contribution in [0.15, 0.2) is 41.0 Å². The summed E-state index contributed by atoms with van der Waals surface area (Å²) in [5.74, 6) is 1.10. The van der Waals surface area contributed by atoms with Crippen molar-refractivity contribution in [3.63, 3.8) is 0 Å². The van der Waals surface area contributed by atoms with Crippen LogP contribution in [-0.4, -0.2) is 53.0 Å². The van der Waals surface area contributed by atoms with Crippen LogP contribution in [0.4, 0.5) is 0 Å². The van der Waals surface area contributed by atoms with E-state index >= 15 is 0 Å². The molecule has 6 nitrogen and oxygen atoms in total. The lowest BCUT2D eigenvalue weighted by Crippen LogP contribution is -2.48. The number of furan rings is 1. The minimum atomic E-state index is -0.0600. The maximum absolute atomic E-state index is 13.1. The van der Waals surface area contributed by atoms with E-state index in [1.807, 2.05) is 42.2 Å². The number of likely N-dealkylation sites (tertiary alicyclic amines) is 1. The number of fused-ring (bicyclic) bond motifs is 1. The number of carbonyl (C=O) groups excluding carboxylic acids is 1. The fourth-order valence-electron chi connectivity index (χ4n) is 3.90. The zero-order valence-corrected chi connectivity index (χ0v) is 15.1. The van der Waals surface area contributed by atoms with Gasteiger partial charge in [0.05, 0.1) is 43.7 Å². The molecule has 26 heavy (non-hydrogen) atoms.